The van der Waals surface area contributed by atoms with E-state index in [0.717, 1.165) is 22.0 Å². The monoisotopic (exact) mass is 350 g/mol. The number of nitrogens with one attached hydrogen (secondary N) is 2. The topological polar surface area (TPSA) is 83.8 Å². The van der Waals surface area contributed by atoms with Gasteiger partial charge in [0.25, 0.3) is 0 Å². The van der Waals surface area contributed by atoms with Crippen molar-refractivity contribution in [3.63, 3.8) is 0 Å². The van der Waals surface area contributed by atoms with Crippen LogP contribution in [0.25, 0.3) is 10.9 Å². The zero-order chi connectivity index (χ0) is 17.9. The van der Waals surface area contributed by atoms with Gasteiger partial charge in [-0.05, 0) is 29.3 Å². The summed E-state index contributed by atoms with van der Waals surface area (Å²) in [5.74, 6) is -0.449. The Bertz CT molecular complexity index is 1050. The molecule has 2 aromatic carbocycles. The van der Waals surface area contributed by atoms with E-state index in [4.69, 9.17) is 4.52 Å². The van der Waals surface area contributed by atoms with E-state index in [2.05, 4.69) is 20.4 Å². The lowest BCUT2D eigenvalue weighted by Gasteiger charge is -2.01. The fourth-order valence-electron chi connectivity index (χ4n) is 2.73. The molecule has 26 heavy (non-hydrogen) atoms. The molecule has 0 fully saturated rings. The number of aromatic amines is 1. The maximum Gasteiger partial charge on any atom is 0.315 e. The van der Waals surface area contributed by atoms with Crippen molar-refractivity contribution in [1.82, 2.24) is 20.4 Å². The van der Waals surface area contributed by atoms with Gasteiger partial charge in [-0.15, -0.1) is 0 Å². The molecule has 0 atom stereocenters. The van der Waals surface area contributed by atoms with Crippen molar-refractivity contribution in [1.29, 1.82) is 0 Å². The lowest BCUT2D eigenvalue weighted by atomic mass is 10.1. The normalized spacial score (nSPS) is 11.0. The number of H-pyrrole nitrogens is 1. The van der Waals surface area contributed by atoms with Crippen LogP contribution in [0.3, 0.4) is 0 Å². The quantitative estimate of drug-likeness (QED) is 0.579. The second-order valence-corrected chi connectivity index (χ2v) is 5.86. The average Bonchev–Trinajstić information content (AvgIpc) is 3.29. The van der Waals surface area contributed by atoms with Crippen molar-refractivity contribution in [2.24, 2.45) is 0 Å². The molecule has 130 valence electrons. The zero-order valence-electron chi connectivity index (χ0n) is 13.7. The van der Waals surface area contributed by atoms with Crippen LogP contribution in [-0.2, 0) is 13.0 Å². The summed E-state index contributed by atoms with van der Waals surface area (Å²) in [6.07, 6.45) is 2.36. The van der Waals surface area contributed by atoms with Gasteiger partial charge >= 0.3 is 11.8 Å². The van der Waals surface area contributed by atoms with Crippen molar-refractivity contribution < 1.29 is 13.7 Å². The first-order valence-electron chi connectivity index (χ1n) is 8.09. The maximum absolute atomic E-state index is 12.9. The molecule has 0 radical (unpaired) electrons. The van der Waals surface area contributed by atoms with Gasteiger partial charge in [-0.25, -0.2) is 4.39 Å². The second kappa shape index (κ2) is 6.79. The number of benzene rings is 2. The first-order chi connectivity index (χ1) is 12.7. The Morgan fingerprint density at radius 3 is 2.81 bits per heavy atom. The molecular formula is C19H15FN4O2. The third-order valence-corrected chi connectivity index (χ3v) is 4.05. The van der Waals surface area contributed by atoms with Gasteiger partial charge in [0, 0.05) is 30.1 Å². The molecule has 4 rings (SSSR count). The van der Waals surface area contributed by atoms with Crippen LogP contribution in [0, 0.1) is 5.82 Å². The third kappa shape index (κ3) is 3.32. The van der Waals surface area contributed by atoms with Crippen molar-refractivity contribution in [2.45, 2.75) is 13.0 Å². The number of amides is 1. The summed E-state index contributed by atoms with van der Waals surface area (Å²) < 4.78 is 17.9. The van der Waals surface area contributed by atoms with Gasteiger partial charge in [-0.3, -0.25) is 4.79 Å². The zero-order valence-corrected chi connectivity index (χ0v) is 13.7. The summed E-state index contributed by atoms with van der Waals surface area (Å²) >= 11 is 0. The first kappa shape index (κ1) is 16.0. The first-order valence-corrected chi connectivity index (χ1v) is 8.09. The average molecular weight is 350 g/mol. The van der Waals surface area contributed by atoms with Gasteiger partial charge < -0.3 is 14.8 Å². The van der Waals surface area contributed by atoms with E-state index in [1.54, 1.807) is 12.1 Å². The number of fused-ring (bicyclic) bond motifs is 1. The number of halogens is 1. The number of para-hydroxylation sites is 1. The Hall–Kier alpha value is -3.48. The third-order valence-electron chi connectivity index (χ3n) is 4.05. The number of nitrogens with zero attached hydrogens (tertiary/aromatic N) is 2. The molecule has 7 heteroatoms. The van der Waals surface area contributed by atoms with E-state index in [1.807, 2.05) is 30.5 Å². The van der Waals surface area contributed by atoms with E-state index >= 15 is 0 Å². The predicted octanol–water partition coefficient (Wildman–Crippen LogP) is 3.21. The Morgan fingerprint density at radius 1 is 1.15 bits per heavy atom. The van der Waals surface area contributed by atoms with Gasteiger partial charge in [-0.2, -0.15) is 4.98 Å². The fraction of sp³-hybridized carbons (Fsp3) is 0.105. The van der Waals surface area contributed by atoms with Crippen LogP contribution in [0.15, 0.2) is 59.3 Å². The summed E-state index contributed by atoms with van der Waals surface area (Å²) in [5.41, 5.74) is 2.83. The van der Waals surface area contributed by atoms with Crippen LogP contribution in [0.1, 0.15) is 27.6 Å². The van der Waals surface area contributed by atoms with Gasteiger partial charge in [0.1, 0.15) is 5.82 Å². The Labute approximate surface area is 148 Å². The highest BCUT2D eigenvalue weighted by atomic mass is 19.1. The molecule has 0 unspecified atom stereocenters. The Kier molecular flexibility index (Phi) is 4.18. The summed E-state index contributed by atoms with van der Waals surface area (Å²) in [4.78, 5) is 19.5. The fourth-order valence-corrected chi connectivity index (χ4v) is 2.73. The van der Waals surface area contributed by atoms with Crippen molar-refractivity contribution >= 4 is 16.8 Å². The molecule has 0 spiro atoms. The van der Waals surface area contributed by atoms with Gasteiger partial charge in [0.15, 0.2) is 5.82 Å². The van der Waals surface area contributed by atoms with Crippen molar-refractivity contribution in [3.8, 4) is 0 Å². The summed E-state index contributed by atoms with van der Waals surface area (Å²) in [6.45, 7) is 0.249. The molecule has 2 N–H and O–H groups in total. The highest BCUT2D eigenvalue weighted by Gasteiger charge is 2.16. The maximum atomic E-state index is 12.9. The molecule has 0 aliphatic heterocycles. The smallest absolute Gasteiger partial charge is 0.315 e. The lowest BCUT2D eigenvalue weighted by molar-refractivity contribution is 0.0907. The second-order valence-electron chi connectivity index (χ2n) is 5.86. The summed E-state index contributed by atoms with van der Waals surface area (Å²) in [5, 5.41) is 7.63. The summed E-state index contributed by atoms with van der Waals surface area (Å²) in [7, 11) is 0. The van der Waals surface area contributed by atoms with Crippen LogP contribution in [0.4, 0.5) is 4.39 Å². The molecule has 0 aliphatic carbocycles. The van der Waals surface area contributed by atoms with Crippen LogP contribution >= 0.6 is 0 Å². The highest BCUT2D eigenvalue weighted by Crippen LogP contribution is 2.19. The molecule has 0 saturated carbocycles. The molecule has 0 bridgehead atoms. The van der Waals surface area contributed by atoms with Gasteiger partial charge in [0.05, 0.1) is 0 Å². The molecule has 4 aromatic rings. The molecule has 6 nitrogen and oxygen atoms in total. The molecule has 0 aliphatic rings. The number of aromatic nitrogens is 3. The number of hydrogen-bond acceptors (Lipinski definition) is 4. The van der Waals surface area contributed by atoms with Crippen LogP contribution in [-0.4, -0.2) is 21.0 Å². The van der Waals surface area contributed by atoms with E-state index < -0.39 is 5.91 Å². The van der Waals surface area contributed by atoms with Crippen LogP contribution in [0.2, 0.25) is 0 Å². The Morgan fingerprint density at radius 2 is 1.96 bits per heavy atom. The largest absolute Gasteiger partial charge is 0.361 e. The molecule has 2 heterocycles. The van der Waals surface area contributed by atoms with E-state index in [9.17, 15) is 9.18 Å². The SMILES string of the molecule is O=C(NCc1ccc(F)cc1)c1nc(Cc2c[nH]c3ccccc23)no1. The number of hydrogen-bond donors (Lipinski definition) is 2. The molecule has 2 aromatic heterocycles. The minimum atomic E-state index is -0.466. The molecule has 1 amide bonds. The minimum Gasteiger partial charge on any atom is -0.361 e. The van der Waals surface area contributed by atoms with Crippen molar-refractivity contribution in [3.05, 3.63) is 83.4 Å². The summed E-state index contributed by atoms with van der Waals surface area (Å²) in [6, 6.07) is 13.8. The van der Waals surface area contributed by atoms with Gasteiger partial charge in [-0.1, -0.05) is 35.5 Å². The van der Waals surface area contributed by atoms with E-state index in [-0.39, 0.29) is 18.3 Å². The standard InChI is InChI=1S/C19H15FN4O2/c20-14-7-5-12(6-8-14)10-22-18(25)19-23-17(24-26-19)9-13-11-21-16-4-2-1-3-15(13)16/h1-8,11,21H,9-10H2,(H,22,25). The van der Waals surface area contributed by atoms with E-state index in [1.165, 1.54) is 12.1 Å². The van der Waals surface area contributed by atoms with Crippen molar-refractivity contribution in [2.75, 3.05) is 0 Å². The van der Waals surface area contributed by atoms with E-state index in [0.29, 0.717) is 12.2 Å². The molecular weight excluding hydrogens is 335 g/mol. The number of carbonyl (C=O) groups is 1. The lowest BCUT2D eigenvalue weighted by Crippen LogP contribution is -2.23. The number of rotatable bonds is 5. The minimum absolute atomic E-state index is 0.0954. The highest BCUT2D eigenvalue weighted by molar-refractivity contribution is 5.89. The number of carbonyl (C=O) groups excluding carboxylic acids is 1. The van der Waals surface area contributed by atoms with Gasteiger partial charge in [0.2, 0.25) is 0 Å². The van der Waals surface area contributed by atoms with Crippen LogP contribution in [0.5, 0.6) is 0 Å². The Balaban J connectivity index is 1.42. The van der Waals surface area contributed by atoms with Crippen LogP contribution < -0.4 is 5.32 Å². The predicted molar refractivity (Wildman–Crippen MR) is 93.0 cm³/mol. The molecule has 0 saturated heterocycles.